The molecule has 0 N–H and O–H groups in total. The lowest BCUT2D eigenvalue weighted by Gasteiger charge is -2.38. The number of hydrogen-bond donors (Lipinski definition) is 0. The predicted molar refractivity (Wildman–Crippen MR) is 87.2 cm³/mol. The van der Waals surface area contributed by atoms with E-state index in [2.05, 4.69) is 29.7 Å². The van der Waals surface area contributed by atoms with Crippen molar-refractivity contribution in [3.05, 3.63) is 11.8 Å². The van der Waals surface area contributed by atoms with Crippen LogP contribution in [0.5, 0.6) is 0 Å². The van der Waals surface area contributed by atoms with E-state index in [1.165, 1.54) is 51.7 Å². The van der Waals surface area contributed by atoms with Crippen molar-refractivity contribution in [2.75, 3.05) is 39.3 Å². The molecule has 3 aliphatic rings. The summed E-state index contributed by atoms with van der Waals surface area (Å²) in [6.07, 6.45) is 9.52. The number of likely N-dealkylation sites (tertiary alicyclic amines) is 1. The van der Waals surface area contributed by atoms with Crippen LogP contribution in [0.4, 0.5) is 0 Å². The molecule has 0 aromatic carbocycles. The molecule has 2 aliphatic heterocycles. The lowest BCUT2D eigenvalue weighted by Crippen LogP contribution is -2.42. The summed E-state index contributed by atoms with van der Waals surface area (Å²) < 4.78 is 6.12. The van der Waals surface area contributed by atoms with Crippen LogP contribution in [0.3, 0.4) is 0 Å². The fraction of sp³-hybridized carbons (Fsp3) is 0.889. The largest absolute Gasteiger partial charge is 0.376 e. The number of ether oxygens (including phenoxy) is 1. The molecular weight excluding hydrogens is 260 g/mol. The second-order valence-corrected chi connectivity index (χ2v) is 7.59. The average Bonchev–Trinajstić information content (AvgIpc) is 3.30. The molecule has 0 bridgehead atoms. The van der Waals surface area contributed by atoms with E-state index in [-0.39, 0.29) is 0 Å². The quantitative estimate of drug-likeness (QED) is 0.748. The minimum Gasteiger partial charge on any atom is -0.376 e. The van der Waals surface area contributed by atoms with Crippen LogP contribution < -0.4 is 0 Å². The summed E-state index contributed by atoms with van der Waals surface area (Å²) in [6.45, 7) is 11.6. The molecule has 0 radical (unpaired) electrons. The van der Waals surface area contributed by atoms with Gasteiger partial charge >= 0.3 is 0 Å². The van der Waals surface area contributed by atoms with Gasteiger partial charge in [0.25, 0.3) is 0 Å². The number of piperidine rings is 1. The lowest BCUT2D eigenvalue weighted by molar-refractivity contribution is 0.00159. The molecule has 3 heteroatoms. The van der Waals surface area contributed by atoms with Crippen LogP contribution in [0.25, 0.3) is 0 Å². The normalized spacial score (nSPS) is 28.0. The van der Waals surface area contributed by atoms with Gasteiger partial charge in [0.05, 0.1) is 6.10 Å². The molecule has 2 heterocycles. The van der Waals surface area contributed by atoms with Crippen LogP contribution in [0.1, 0.15) is 46.0 Å². The summed E-state index contributed by atoms with van der Waals surface area (Å²) in [5.74, 6) is 1.66. The minimum atomic E-state index is 0.481. The monoisotopic (exact) mass is 292 g/mol. The van der Waals surface area contributed by atoms with Gasteiger partial charge in [-0.15, -0.1) is 0 Å². The van der Waals surface area contributed by atoms with E-state index in [9.17, 15) is 0 Å². The fourth-order valence-corrected chi connectivity index (χ4v) is 3.56. The van der Waals surface area contributed by atoms with Crippen LogP contribution in [0.15, 0.2) is 11.8 Å². The smallest absolute Gasteiger partial charge is 0.0750 e. The summed E-state index contributed by atoms with van der Waals surface area (Å²) in [7, 11) is 0. The maximum absolute atomic E-state index is 6.12. The van der Waals surface area contributed by atoms with E-state index in [0.29, 0.717) is 6.10 Å². The highest BCUT2D eigenvalue weighted by atomic mass is 16.5. The zero-order chi connectivity index (χ0) is 14.7. The predicted octanol–water partition coefficient (Wildman–Crippen LogP) is 3.12. The van der Waals surface area contributed by atoms with Gasteiger partial charge in [0.2, 0.25) is 0 Å². The Balaban J connectivity index is 1.45. The lowest BCUT2D eigenvalue weighted by atomic mass is 10.0. The first-order valence-electron chi connectivity index (χ1n) is 8.98. The highest BCUT2D eigenvalue weighted by Gasteiger charge is 2.27. The molecule has 0 aromatic rings. The van der Waals surface area contributed by atoms with Crippen molar-refractivity contribution in [1.29, 1.82) is 0 Å². The summed E-state index contributed by atoms with van der Waals surface area (Å²) in [4.78, 5) is 5.19. The van der Waals surface area contributed by atoms with Gasteiger partial charge in [-0.2, -0.15) is 0 Å². The topological polar surface area (TPSA) is 15.7 Å². The zero-order valence-corrected chi connectivity index (χ0v) is 13.9. The molecule has 0 aromatic heterocycles. The van der Waals surface area contributed by atoms with E-state index in [0.717, 1.165) is 31.5 Å². The summed E-state index contributed by atoms with van der Waals surface area (Å²) in [5, 5.41) is 0. The molecule has 120 valence electrons. The van der Waals surface area contributed by atoms with Gasteiger partial charge in [-0.25, -0.2) is 0 Å². The van der Waals surface area contributed by atoms with Crippen LogP contribution in [-0.2, 0) is 4.74 Å². The fourth-order valence-electron chi connectivity index (χ4n) is 3.56. The Bertz CT molecular complexity index is 362. The maximum atomic E-state index is 6.12. The SMILES string of the molecule is CC(C)CN1CC=C(N2CCCC(OCC3CC3)C2)CC1. The van der Waals surface area contributed by atoms with Gasteiger partial charge in [-0.3, -0.25) is 4.90 Å². The molecule has 3 nitrogen and oxygen atoms in total. The number of nitrogens with zero attached hydrogens (tertiary/aromatic N) is 2. The Morgan fingerprint density at radius 1 is 1.24 bits per heavy atom. The van der Waals surface area contributed by atoms with Gasteiger partial charge in [-0.05, 0) is 43.9 Å². The van der Waals surface area contributed by atoms with Gasteiger partial charge in [0.15, 0.2) is 0 Å². The Morgan fingerprint density at radius 3 is 2.76 bits per heavy atom. The molecule has 1 aliphatic carbocycles. The second-order valence-electron chi connectivity index (χ2n) is 7.59. The third-order valence-corrected chi connectivity index (χ3v) is 4.94. The van der Waals surface area contributed by atoms with Crippen LogP contribution in [0.2, 0.25) is 0 Å². The van der Waals surface area contributed by atoms with Crippen molar-refractivity contribution in [1.82, 2.24) is 9.80 Å². The highest BCUT2D eigenvalue weighted by molar-refractivity contribution is 5.08. The molecule has 2 fully saturated rings. The minimum absolute atomic E-state index is 0.481. The van der Waals surface area contributed by atoms with Crippen molar-refractivity contribution < 1.29 is 4.74 Å². The summed E-state index contributed by atoms with van der Waals surface area (Å²) in [6, 6.07) is 0. The molecule has 1 saturated heterocycles. The standard InChI is InChI=1S/C18H32N2O/c1-15(2)12-19-10-7-17(8-11-19)20-9-3-4-18(13-20)21-14-16-5-6-16/h7,15-16,18H,3-6,8-14H2,1-2H3. The van der Waals surface area contributed by atoms with Crippen LogP contribution >= 0.6 is 0 Å². The Labute approximate surface area is 130 Å². The van der Waals surface area contributed by atoms with E-state index < -0.39 is 0 Å². The summed E-state index contributed by atoms with van der Waals surface area (Å²) >= 11 is 0. The van der Waals surface area contributed by atoms with E-state index in [1.54, 1.807) is 5.70 Å². The van der Waals surface area contributed by atoms with Gasteiger partial charge in [0.1, 0.15) is 0 Å². The van der Waals surface area contributed by atoms with Crippen LogP contribution in [0, 0.1) is 11.8 Å². The van der Waals surface area contributed by atoms with Gasteiger partial charge in [-0.1, -0.05) is 19.9 Å². The van der Waals surface area contributed by atoms with Crippen LogP contribution in [-0.4, -0.2) is 55.2 Å². The van der Waals surface area contributed by atoms with Crippen molar-refractivity contribution >= 4 is 0 Å². The van der Waals surface area contributed by atoms with Crippen molar-refractivity contribution in [3.63, 3.8) is 0 Å². The molecule has 3 rings (SSSR count). The molecule has 21 heavy (non-hydrogen) atoms. The van der Waals surface area contributed by atoms with Gasteiger partial charge < -0.3 is 9.64 Å². The molecule has 1 saturated carbocycles. The van der Waals surface area contributed by atoms with Crippen molar-refractivity contribution in [2.24, 2.45) is 11.8 Å². The Kier molecular flexibility index (Phi) is 5.23. The van der Waals surface area contributed by atoms with Crippen molar-refractivity contribution in [2.45, 2.75) is 52.1 Å². The molecule has 0 spiro atoms. The number of hydrogen-bond acceptors (Lipinski definition) is 3. The third kappa shape index (κ3) is 4.72. The van der Waals surface area contributed by atoms with Gasteiger partial charge in [0, 0.05) is 45.0 Å². The Hall–Kier alpha value is -0.540. The third-order valence-electron chi connectivity index (χ3n) is 4.94. The molecule has 0 amide bonds. The zero-order valence-electron chi connectivity index (χ0n) is 13.9. The second kappa shape index (κ2) is 7.15. The molecule has 1 unspecified atom stereocenters. The molecule has 1 atom stereocenters. The first-order valence-corrected chi connectivity index (χ1v) is 8.98. The first-order chi connectivity index (χ1) is 10.2. The maximum Gasteiger partial charge on any atom is 0.0750 e. The average molecular weight is 292 g/mol. The van der Waals surface area contributed by atoms with E-state index >= 15 is 0 Å². The summed E-state index contributed by atoms with van der Waals surface area (Å²) in [5.41, 5.74) is 1.58. The Morgan fingerprint density at radius 2 is 2.10 bits per heavy atom. The highest BCUT2D eigenvalue weighted by Crippen LogP contribution is 2.30. The van der Waals surface area contributed by atoms with E-state index in [1.807, 2.05) is 0 Å². The van der Waals surface area contributed by atoms with Crippen molar-refractivity contribution in [3.8, 4) is 0 Å². The molecular formula is C18H32N2O. The first kappa shape index (κ1) is 15.4. The van der Waals surface area contributed by atoms with E-state index in [4.69, 9.17) is 4.74 Å². The number of rotatable bonds is 6.